The molecule has 28 heavy (non-hydrogen) atoms. The van der Waals surface area contributed by atoms with Crippen LogP contribution in [0.25, 0.3) is 16.6 Å². The Morgan fingerprint density at radius 3 is 2.61 bits per heavy atom. The number of amides is 2. The largest absolute Gasteiger partial charge is 0.342 e. The molecule has 2 amide bonds. The molecule has 0 spiro atoms. The molecule has 0 N–H and O–H groups in total. The first-order valence-electron chi connectivity index (χ1n) is 9.33. The average Bonchev–Trinajstić information content (AvgIpc) is 3.36. The van der Waals surface area contributed by atoms with E-state index in [1.165, 1.54) is 6.07 Å². The van der Waals surface area contributed by atoms with Crippen molar-refractivity contribution in [1.29, 1.82) is 0 Å². The van der Waals surface area contributed by atoms with Gasteiger partial charge in [-0.05, 0) is 24.3 Å². The number of halogens is 1. The lowest BCUT2D eigenvalue weighted by Gasteiger charge is -2.21. The van der Waals surface area contributed by atoms with Gasteiger partial charge in [0, 0.05) is 37.9 Å². The van der Waals surface area contributed by atoms with Crippen LogP contribution in [0.5, 0.6) is 0 Å². The number of hydrogen-bond acceptors (Lipinski definition) is 3. The second kappa shape index (κ2) is 6.15. The molecule has 2 aromatic carbocycles. The monoisotopic (exact) mass is 378 g/mol. The Morgan fingerprint density at radius 1 is 1.07 bits per heavy atom. The van der Waals surface area contributed by atoms with E-state index in [-0.39, 0.29) is 29.5 Å². The summed E-state index contributed by atoms with van der Waals surface area (Å²) in [6, 6.07) is 12.1. The van der Waals surface area contributed by atoms with E-state index in [0.717, 1.165) is 16.6 Å². The topological polar surface area (TPSA) is 58.4 Å². The lowest BCUT2D eigenvalue weighted by molar-refractivity contribution is -0.128. The van der Waals surface area contributed by atoms with Crippen molar-refractivity contribution in [3.05, 3.63) is 54.5 Å². The zero-order chi connectivity index (χ0) is 19.4. The number of aromatic nitrogens is 2. The third kappa shape index (κ3) is 2.42. The van der Waals surface area contributed by atoms with Crippen LogP contribution in [-0.4, -0.2) is 46.1 Å². The van der Waals surface area contributed by atoms with Crippen molar-refractivity contribution in [1.82, 2.24) is 14.7 Å². The third-order valence-corrected chi connectivity index (χ3v) is 5.85. The summed E-state index contributed by atoms with van der Waals surface area (Å²) in [6.07, 6.45) is 1.68. The maximum Gasteiger partial charge on any atom is 0.232 e. The van der Waals surface area contributed by atoms with Gasteiger partial charge in [-0.1, -0.05) is 18.2 Å². The van der Waals surface area contributed by atoms with Gasteiger partial charge in [-0.15, -0.1) is 0 Å². The molecule has 0 bridgehead atoms. The average molecular weight is 378 g/mol. The molecular formula is C21H19FN4O2. The van der Waals surface area contributed by atoms with Gasteiger partial charge in [0.15, 0.2) is 0 Å². The van der Waals surface area contributed by atoms with Gasteiger partial charge in [-0.3, -0.25) is 9.59 Å². The summed E-state index contributed by atoms with van der Waals surface area (Å²) in [6.45, 7) is 3.23. The van der Waals surface area contributed by atoms with E-state index in [2.05, 4.69) is 5.10 Å². The van der Waals surface area contributed by atoms with Crippen molar-refractivity contribution >= 4 is 28.4 Å². The predicted molar refractivity (Wildman–Crippen MR) is 103 cm³/mol. The molecule has 6 nitrogen and oxygen atoms in total. The van der Waals surface area contributed by atoms with Crippen LogP contribution in [0.3, 0.4) is 0 Å². The summed E-state index contributed by atoms with van der Waals surface area (Å²) in [4.78, 5) is 28.2. The van der Waals surface area contributed by atoms with Crippen LogP contribution in [0.4, 0.5) is 10.1 Å². The van der Waals surface area contributed by atoms with Gasteiger partial charge in [0.25, 0.3) is 0 Å². The standard InChI is InChI=1S/C21H19FN4O2/c1-13(27)24-10-14-11-25(21(28)16(14)12-24)18-7-4-8-19-15(18)9-23-26(19)20-6-3-2-5-17(20)22/h2-9,14,16H,10-12H2,1H3/t14-,16+/m1/s1. The van der Waals surface area contributed by atoms with Crippen LogP contribution in [0.2, 0.25) is 0 Å². The predicted octanol–water partition coefficient (Wildman–Crippen LogP) is 2.61. The fourth-order valence-electron chi connectivity index (χ4n) is 4.42. The zero-order valence-electron chi connectivity index (χ0n) is 15.4. The molecule has 0 radical (unpaired) electrons. The minimum Gasteiger partial charge on any atom is -0.342 e. The van der Waals surface area contributed by atoms with Crippen LogP contribution in [0, 0.1) is 17.7 Å². The van der Waals surface area contributed by atoms with E-state index in [1.807, 2.05) is 18.2 Å². The highest BCUT2D eigenvalue weighted by molar-refractivity contribution is 6.05. The first-order valence-corrected chi connectivity index (χ1v) is 9.33. The van der Waals surface area contributed by atoms with Crippen molar-refractivity contribution < 1.29 is 14.0 Å². The van der Waals surface area contributed by atoms with E-state index in [0.29, 0.717) is 25.3 Å². The van der Waals surface area contributed by atoms with Crippen molar-refractivity contribution in [3.8, 4) is 5.69 Å². The quantitative estimate of drug-likeness (QED) is 0.689. The molecule has 142 valence electrons. The first kappa shape index (κ1) is 16.9. The molecule has 2 aliphatic heterocycles. The van der Waals surface area contributed by atoms with Gasteiger partial charge in [0.2, 0.25) is 11.8 Å². The fourth-order valence-corrected chi connectivity index (χ4v) is 4.42. The van der Waals surface area contributed by atoms with Gasteiger partial charge in [-0.2, -0.15) is 5.10 Å². The number of benzene rings is 2. The number of fused-ring (bicyclic) bond motifs is 2. The number of rotatable bonds is 2. The molecule has 0 unspecified atom stereocenters. The number of anilines is 1. The second-order valence-electron chi connectivity index (χ2n) is 7.46. The van der Waals surface area contributed by atoms with E-state index >= 15 is 0 Å². The van der Waals surface area contributed by atoms with Crippen molar-refractivity contribution in [2.24, 2.45) is 11.8 Å². The van der Waals surface area contributed by atoms with Crippen molar-refractivity contribution in [2.45, 2.75) is 6.92 Å². The molecule has 7 heteroatoms. The number of carbonyl (C=O) groups excluding carboxylic acids is 2. The van der Waals surface area contributed by atoms with Gasteiger partial charge in [0.05, 0.1) is 23.3 Å². The fraction of sp³-hybridized carbons (Fsp3) is 0.286. The molecule has 0 aliphatic carbocycles. The van der Waals surface area contributed by atoms with Crippen LogP contribution < -0.4 is 4.90 Å². The SMILES string of the molecule is CC(=O)N1C[C@@H]2CN(c3cccc4c3cnn4-c3ccccc3F)C(=O)[C@H]2C1. The summed E-state index contributed by atoms with van der Waals surface area (Å²) >= 11 is 0. The van der Waals surface area contributed by atoms with E-state index in [4.69, 9.17) is 0 Å². The van der Waals surface area contributed by atoms with Gasteiger partial charge in [0.1, 0.15) is 11.5 Å². The molecule has 1 aromatic heterocycles. The Balaban J connectivity index is 1.53. The van der Waals surface area contributed by atoms with E-state index < -0.39 is 0 Å². The molecule has 2 saturated heterocycles. The normalized spacial score (nSPS) is 21.6. The van der Waals surface area contributed by atoms with Crippen LogP contribution in [0.15, 0.2) is 48.7 Å². The maximum absolute atomic E-state index is 14.2. The molecule has 3 aromatic rings. The molecule has 5 rings (SSSR count). The molecule has 2 atom stereocenters. The Labute approximate surface area is 161 Å². The van der Waals surface area contributed by atoms with Gasteiger partial charge < -0.3 is 9.80 Å². The first-order chi connectivity index (χ1) is 13.5. The third-order valence-electron chi connectivity index (χ3n) is 5.85. The van der Waals surface area contributed by atoms with Gasteiger partial charge in [-0.25, -0.2) is 9.07 Å². The minimum absolute atomic E-state index is 0.0158. The van der Waals surface area contributed by atoms with Crippen molar-refractivity contribution in [2.75, 3.05) is 24.5 Å². The number of nitrogens with zero attached hydrogens (tertiary/aromatic N) is 4. The lowest BCUT2D eigenvalue weighted by atomic mass is 10.0. The Morgan fingerprint density at radius 2 is 1.86 bits per heavy atom. The number of para-hydroxylation sites is 1. The Bertz CT molecular complexity index is 1110. The molecular weight excluding hydrogens is 359 g/mol. The summed E-state index contributed by atoms with van der Waals surface area (Å²) in [7, 11) is 0. The summed E-state index contributed by atoms with van der Waals surface area (Å²) < 4.78 is 15.8. The Kier molecular flexibility index (Phi) is 3.72. The number of carbonyl (C=O) groups is 2. The summed E-state index contributed by atoms with van der Waals surface area (Å²) in [5, 5.41) is 5.18. The maximum atomic E-state index is 14.2. The smallest absolute Gasteiger partial charge is 0.232 e. The molecule has 3 heterocycles. The number of hydrogen-bond donors (Lipinski definition) is 0. The minimum atomic E-state index is -0.353. The summed E-state index contributed by atoms with van der Waals surface area (Å²) in [5.74, 6) is -0.301. The highest BCUT2D eigenvalue weighted by atomic mass is 19.1. The lowest BCUT2D eigenvalue weighted by Crippen LogP contribution is -2.34. The molecule has 2 aliphatic rings. The van der Waals surface area contributed by atoms with Crippen LogP contribution in [0.1, 0.15) is 6.92 Å². The number of likely N-dealkylation sites (tertiary alicyclic amines) is 1. The van der Waals surface area contributed by atoms with Crippen LogP contribution in [-0.2, 0) is 9.59 Å². The highest BCUT2D eigenvalue weighted by Crippen LogP contribution is 2.38. The van der Waals surface area contributed by atoms with E-state index in [9.17, 15) is 14.0 Å². The van der Waals surface area contributed by atoms with Crippen LogP contribution >= 0.6 is 0 Å². The van der Waals surface area contributed by atoms with Crippen molar-refractivity contribution in [3.63, 3.8) is 0 Å². The summed E-state index contributed by atoms with van der Waals surface area (Å²) in [5.41, 5.74) is 1.91. The zero-order valence-corrected chi connectivity index (χ0v) is 15.4. The van der Waals surface area contributed by atoms with Gasteiger partial charge >= 0.3 is 0 Å². The Hall–Kier alpha value is -3.22. The highest BCUT2D eigenvalue weighted by Gasteiger charge is 2.47. The molecule has 0 saturated carbocycles. The second-order valence-corrected chi connectivity index (χ2v) is 7.46. The van der Waals surface area contributed by atoms with E-state index in [1.54, 1.807) is 45.8 Å². The molecule has 2 fully saturated rings.